The summed E-state index contributed by atoms with van der Waals surface area (Å²) in [4.78, 5) is 93.3. The number of aromatic nitrogens is 10. The molecule has 412 valence electrons. The molecule has 17 atom stereocenters. The Morgan fingerprint density at radius 1 is 0.640 bits per heavy atom. The average Bonchev–Trinajstić information content (AvgIpc) is 4.18. The van der Waals surface area contributed by atoms with Crippen LogP contribution >= 0.6 is 31.3 Å². The van der Waals surface area contributed by atoms with E-state index in [2.05, 4.69) is 54.1 Å². The van der Waals surface area contributed by atoms with Gasteiger partial charge in [0, 0.05) is 14.2 Å². The van der Waals surface area contributed by atoms with Crippen molar-refractivity contribution in [3.05, 3.63) is 41.4 Å². The van der Waals surface area contributed by atoms with E-state index < -0.39 is 142 Å². The SMILES string of the molecule is COC1C(COP(=O)(O)OP(=O)(O)OP(=O)(O)OCC2OC(n3cnc4c(N)ncnc43)C(OC)C2OP(=O)(O)OCC2OC(n3cnc4c3NC(N)NC4=O)C(O)C2O)OC(n2cnc3c(=O)[nH]c(N)nc32)C1O. The number of nitrogens with zero attached hydrogens (tertiary/aromatic N) is 9. The van der Waals surface area contributed by atoms with E-state index in [4.69, 9.17) is 59.0 Å². The normalized spacial score (nSPS) is 32.1. The Morgan fingerprint density at radius 3 is 1.87 bits per heavy atom. The number of phosphoric acid groups is 4. The van der Waals surface area contributed by atoms with Crippen molar-refractivity contribution < 1.29 is 108 Å². The maximum atomic E-state index is 13.7. The molecule has 17 unspecified atom stereocenters. The fraction of sp³-hybridized carbons (Fsp3) is 0.562. The molecule has 0 saturated carbocycles. The molecule has 43 heteroatoms. The van der Waals surface area contributed by atoms with E-state index in [1.54, 1.807) is 0 Å². The fourth-order valence-corrected chi connectivity index (χ4v) is 12.8. The van der Waals surface area contributed by atoms with Crippen molar-refractivity contribution in [2.24, 2.45) is 5.73 Å². The van der Waals surface area contributed by atoms with Crippen LogP contribution in [0.25, 0.3) is 22.3 Å². The molecule has 3 saturated heterocycles. The molecule has 0 aliphatic carbocycles. The topological polar surface area (TPSA) is 556 Å². The lowest BCUT2D eigenvalue weighted by Gasteiger charge is -2.26. The van der Waals surface area contributed by atoms with Crippen LogP contribution in [-0.2, 0) is 68.7 Å². The van der Waals surface area contributed by atoms with Crippen molar-refractivity contribution in [1.82, 2.24) is 53.9 Å². The van der Waals surface area contributed by atoms with E-state index in [0.29, 0.717) is 0 Å². The predicted octanol–water partition coefficient (Wildman–Crippen LogP) is -3.91. The van der Waals surface area contributed by atoms with E-state index in [9.17, 15) is 62.7 Å². The number of phosphoric ester groups is 3. The fourth-order valence-electron chi connectivity index (χ4n) is 8.37. The molecule has 5 aromatic rings. The monoisotopic (exact) mass is 1150 g/mol. The first-order valence-electron chi connectivity index (χ1n) is 21.3. The highest BCUT2D eigenvalue weighted by Gasteiger charge is 2.54. The van der Waals surface area contributed by atoms with Gasteiger partial charge in [0.2, 0.25) is 5.95 Å². The van der Waals surface area contributed by atoms with Crippen LogP contribution in [0.2, 0.25) is 0 Å². The molecule has 75 heavy (non-hydrogen) atoms. The van der Waals surface area contributed by atoms with Crippen LogP contribution in [0.3, 0.4) is 0 Å². The summed E-state index contributed by atoms with van der Waals surface area (Å²) in [5.74, 6) is -1.03. The summed E-state index contributed by atoms with van der Waals surface area (Å²) in [7, 11) is -21.1. The Hall–Kier alpha value is -4.86. The molecular weight excluding hydrogens is 1100 g/mol. The van der Waals surface area contributed by atoms with Crippen molar-refractivity contribution in [3.8, 4) is 0 Å². The lowest BCUT2D eigenvalue weighted by Crippen LogP contribution is -2.51. The summed E-state index contributed by atoms with van der Waals surface area (Å²) in [6.07, 6.45) is -15.7. The third-order valence-corrected chi connectivity index (χ3v) is 16.8. The van der Waals surface area contributed by atoms with Crippen LogP contribution in [0.15, 0.2) is 30.1 Å². The van der Waals surface area contributed by atoms with Crippen LogP contribution in [0.5, 0.6) is 0 Å². The number of rotatable bonds is 20. The number of ether oxygens (including phenoxy) is 5. The number of aliphatic hydroxyl groups excluding tert-OH is 3. The molecule has 3 fully saturated rings. The van der Waals surface area contributed by atoms with Crippen molar-refractivity contribution in [2.75, 3.05) is 50.8 Å². The number of methoxy groups -OCH3 is 2. The number of carbonyl (C=O) groups excluding carboxylic acids is 1. The van der Waals surface area contributed by atoms with E-state index in [-0.39, 0.29) is 45.6 Å². The van der Waals surface area contributed by atoms with Gasteiger partial charge in [-0.2, -0.15) is 13.6 Å². The Balaban J connectivity index is 0.860. The van der Waals surface area contributed by atoms with E-state index >= 15 is 0 Å². The van der Waals surface area contributed by atoms with Crippen LogP contribution in [-0.4, -0.2) is 185 Å². The summed E-state index contributed by atoms with van der Waals surface area (Å²) < 4.78 is 113. The highest BCUT2D eigenvalue weighted by atomic mass is 31.3. The molecule has 9 rings (SSSR count). The van der Waals surface area contributed by atoms with E-state index in [1.807, 2.05) is 0 Å². The smallest absolute Gasteiger partial charge is 0.387 e. The summed E-state index contributed by atoms with van der Waals surface area (Å²) >= 11 is 0. The molecule has 16 N–H and O–H groups in total. The van der Waals surface area contributed by atoms with Crippen molar-refractivity contribution >= 4 is 77.1 Å². The zero-order valence-corrected chi connectivity index (χ0v) is 41.6. The van der Waals surface area contributed by atoms with Gasteiger partial charge in [-0.25, -0.2) is 43.2 Å². The Kier molecular flexibility index (Phi) is 15.3. The number of amides is 1. The zero-order valence-electron chi connectivity index (χ0n) is 38.1. The third-order valence-electron chi connectivity index (χ3n) is 11.6. The number of fused-ring (bicyclic) bond motifs is 3. The predicted molar refractivity (Wildman–Crippen MR) is 239 cm³/mol. The number of H-pyrrole nitrogens is 1. The van der Waals surface area contributed by atoms with Gasteiger partial charge >= 0.3 is 31.3 Å². The second-order valence-electron chi connectivity index (χ2n) is 16.4. The summed E-state index contributed by atoms with van der Waals surface area (Å²) in [5, 5.41) is 37.8. The molecule has 4 aliphatic heterocycles. The second kappa shape index (κ2) is 20.8. The van der Waals surface area contributed by atoms with Crippen LogP contribution < -0.4 is 33.4 Å². The highest BCUT2D eigenvalue weighted by molar-refractivity contribution is 7.66. The van der Waals surface area contributed by atoms with E-state index in [1.165, 1.54) is 4.57 Å². The number of anilines is 3. The summed E-state index contributed by atoms with van der Waals surface area (Å²) in [6, 6.07) is 0. The average molecular weight is 1150 g/mol. The molecule has 0 aromatic carbocycles. The first kappa shape index (κ1) is 54.9. The van der Waals surface area contributed by atoms with Crippen LogP contribution in [0, 0.1) is 0 Å². The molecule has 1 amide bonds. The number of nitrogen functional groups attached to an aromatic ring is 2. The minimum Gasteiger partial charge on any atom is -0.387 e. The van der Waals surface area contributed by atoms with Gasteiger partial charge in [0.1, 0.15) is 72.6 Å². The number of hydrogen-bond acceptors (Lipinski definition) is 30. The highest BCUT2D eigenvalue weighted by Crippen LogP contribution is 2.68. The molecule has 39 nitrogen and oxygen atoms in total. The number of nitrogens with one attached hydrogen (secondary N) is 3. The quantitative estimate of drug-likeness (QED) is 0.0331. The molecule has 0 radical (unpaired) electrons. The standard InChI is InChI=1S/C32H45N15O24P4/c1-61-19-11(67-29(18(19)50)47-9-40-15-25(47)42-32(35)44-27(15)52)4-64-73(55,56)70-75(59,60)71-74(57,58)65-5-12-20(21(62-2)30(68-12)45-7-38-13-22(33)36-6-37-23(13)45)69-72(53,54)63-3-10-16(48)17(49)28(66-10)46-8-39-14-24(46)41-31(34)43-26(14)51/h6-12,16-21,28-31,41,48-50H,3-5,34H2,1-2H3,(H,43,51)(H,53,54)(H,55,56)(H,57,58)(H,59,60)(H2,33,36,37)(H3,35,42,44,52). The third kappa shape index (κ3) is 11.2. The first-order valence-corrected chi connectivity index (χ1v) is 27.2. The molecule has 4 aliphatic rings. The number of nitrogens with two attached hydrogens (primary N) is 3. The maximum Gasteiger partial charge on any atom is 0.490 e. The molecular formula is C32H45N15O24P4. The van der Waals surface area contributed by atoms with Crippen molar-refractivity contribution in [1.29, 1.82) is 0 Å². The van der Waals surface area contributed by atoms with Gasteiger partial charge in [0.05, 0.1) is 38.8 Å². The Labute approximate surface area is 416 Å². The molecule has 0 spiro atoms. The lowest BCUT2D eigenvalue weighted by molar-refractivity contribution is -0.0587. The van der Waals surface area contributed by atoms with Crippen LogP contribution in [0.1, 0.15) is 29.2 Å². The van der Waals surface area contributed by atoms with Gasteiger partial charge < -0.3 is 80.7 Å². The number of aliphatic hydroxyl groups is 3. The second-order valence-corrected chi connectivity index (χ2v) is 22.4. The Morgan fingerprint density at radius 2 is 1.20 bits per heavy atom. The first-order chi connectivity index (χ1) is 35.3. The number of aromatic amines is 1. The van der Waals surface area contributed by atoms with Crippen LogP contribution in [0.4, 0.5) is 17.6 Å². The van der Waals surface area contributed by atoms with Gasteiger partial charge in [-0.1, -0.05) is 0 Å². The Bertz CT molecular complexity index is 3220. The van der Waals surface area contributed by atoms with Crippen molar-refractivity contribution in [3.63, 3.8) is 0 Å². The van der Waals surface area contributed by atoms with Gasteiger partial charge in [-0.3, -0.25) is 52.1 Å². The number of imidazole rings is 3. The van der Waals surface area contributed by atoms with Gasteiger partial charge in [-0.15, -0.1) is 0 Å². The maximum absolute atomic E-state index is 13.7. The number of carbonyl (C=O) groups is 1. The zero-order chi connectivity index (χ0) is 54.1. The van der Waals surface area contributed by atoms with Gasteiger partial charge in [-0.05, 0) is 0 Å². The minimum atomic E-state index is -6.18. The largest absolute Gasteiger partial charge is 0.490 e. The summed E-state index contributed by atoms with van der Waals surface area (Å²) in [6.45, 7) is -3.24. The number of hydrogen-bond donors (Lipinski definition) is 13. The molecule has 9 heterocycles. The minimum absolute atomic E-state index is 0.0146. The van der Waals surface area contributed by atoms with Crippen molar-refractivity contribution in [2.45, 2.75) is 79.9 Å². The van der Waals surface area contributed by atoms with Gasteiger partial charge in [0.15, 0.2) is 53.3 Å². The van der Waals surface area contributed by atoms with Gasteiger partial charge in [0.25, 0.3) is 11.5 Å². The summed E-state index contributed by atoms with van der Waals surface area (Å²) in [5.41, 5.74) is 16.3. The molecule has 0 bridgehead atoms. The lowest BCUT2D eigenvalue weighted by atomic mass is 10.1. The van der Waals surface area contributed by atoms with E-state index in [0.717, 1.165) is 48.7 Å². The molecule has 5 aromatic heterocycles.